The van der Waals surface area contributed by atoms with Gasteiger partial charge >= 0.3 is 0 Å². The van der Waals surface area contributed by atoms with Gasteiger partial charge in [0.15, 0.2) is 0 Å². The van der Waals surface area contributed by atoms with Gasteiger partial charge in [0.05, 0.1) is 5.02 Å². The zero-order valence-corrected chi connectivity index (χ0v) is 13.4. The molecule has 1 aliphatic rings. The predicted octanol–water partition coefficient (Wildman–Crippen LogP) is 5.20. The standard InChI is InChI=1S/C17H25ClFN/c1-4-20-17(13-9-8-11(2)12(3)10-13)14-6-5-7-15(19)16(14)18/h5-7,11-13,17,20H,4,8-10H2,1-3H3. The van der Waals surface area contributed by atoms with Gasteiger partial charge in [-0.3, -0.25) is 0 Å². The second kappa shape index (κ2) is 6.91. The molecule has 0 aliphatic heterocycles. The fourth-order valence-electron chi connectivity index (χ4n) is 3.40. The van der Waals surface area contributed by atoms with Gasteiger partial charge in [-0.1, -0.05) is 50.9 Å². The fourth-order valence-corrected chi connectivity index (χ4v) is 3.65. The van der Waals surface area contributed by atoms with E-state index < -0.39 is 0 Å². The minimum atomic E-state index is -0.315. The molecule has 1 saturated carbocycles. The molecule has 0 bridgehead atoms. The number of benzene rings is 1. The van der Waals surface area contributed by atoms with Gasteiger partial charge in [-0.15, -0.1) is 0 Å². The molecule has 1 aliphatic carbocycles. The van der Waals surface area contributed by atoms with Gasteiger partial charge in [0.2, 0.25) is 0 Å². The van der Waals surface area contributed by atoms with Gasteiger partial charge in [-0.2, -0.15) is 0 Å². The summed E-state index contributed by atoms with van der Waals surface area (Å²) in [5.41, 5.74) is 0.917. The van der Waals surface area contributed by atoms with Gasteiger partial charge in [-0.05, 0) is 48.8 Å². The highest BCUT2D eigenvalue weighted by atomic mass is 35.5. The molecule has 1 fully saturated rings. The van der Waals surface area contributed by atoms with Crippen molar-refractivity contribution in [2.24, 2.45) is 17.8 Å². The molecule has 0 saturated heterocycles. The molecule has 112 valence electrons. The van der Waals surface area contributed by atoms with E-state index in [1.807, 2.05) is 6.07 Å². The van der Waals surface area contributed by atoms with Crippen LogP contribution in [-0.4, -0.2) is 6.54 Å². The molecule has 1 aromatic carbocycles. The lowest BCUT2D eigenvalue weighted by molar-refractivity contribution is 0.172. The van der Waals surface area contributed by atoms with Gasteiger partial charge < -0.3 is 5.32 Å². The van der Waals surface area contributed by atoms with Crippen molar-refractivity contribution in [1.29, 1.82) is 0 Å². The lowest BCUT2D eigenvalue weighted by atomic mass is 9.72. The fraction of sp³-hybridized carbons (Fsp3) is 0.647. The van der Waals surface area contributed by atoms with E-state index in [0.29, 0.717) is 5.92 Å². The molecular weight excluding hydrogens is 273 g/mol. The van der Waals surface area contributed by atoms with Gasteiger partial charge in [0.25, 0.3) is 0 Å². The molecule has 0 radical (unpaired) electrons. The third kappa shape index (κ3) is 3.35. The third-order valence-electron chi connectivity index (χ3n) is 4.85. The van der Waals surface area contributed by atoms with Crippen molar-refractivity contribution in [2.75, 3.05) is 6.54 Å². The maximum Gasteiger partial charge on any atom is 0.142 e. The molecule has 1 aromatic rings. The van der Waals surface area contributed by atoms with Crippen molar-refractivity contribution in [3.05, 3.63) is 34.6 Å². The van der Waals surface area contributed by atoms with E-state index in [4.69, 9.17) is 11.6 Å². The number of rotatable bonds is 4. The normalized spacial score (nSPS) is 28.4. The summed E-state index contributed by atoms with van der Waals surface area (Å²) in [5, 5.41) is 3.80. The summed E-state index contributed by atoms with van der Waals surface area (Å²) in [6, 6.07) is 5.32. The van der Waals surface area contributed by atoms with Crippen LogP contribution in [-0.2, 0) is 0 Å². The molecule has 0 amide bonds. The Morgan fingerprint density at radius 1 is 1.30 bits per heavy atom. The van der Waals surface area contributed by atoms with E-state index in [1.165, 1.54) is 25.3 Å². The maximum absolute atomic E-state index is 13.7. The zero-order chi connectivity index (χ0) is 14.7. The first kappa shape index (κ1) is 15.8. The lowest BCUT2D eigenvalue weighted by Crippen LogP contribution is -2.33. The molecule has 3 heteroatoms. The third-order valence-corrected chi connectivity index (χ3v) is 5.25. The SMILES string of the molecule is CCNC(c1cccc(F)c1Cl)C1CCC(C)C(C)C1. The predicted molar refractivity (Wildman–Crippen MR) is 83.5 cm³/mol. The zero-order valence-electron chi connectivity index (χ0n) is 12.6. The molecule has 20 heavy (non-hydrogen) atoms. The Hall–Kier alpha value is -0.600. The highest BCUT2D eigenvalue weighted by Gasteiger charge is 2.31. The molecular formula is C17H25ClFN. The average molecular weight is 298 g/mol. The lowest BCUT2D eigenvalue weighted by Gasteiger charge is -2.37. The first-order chi connectivity index (χ1) is 9.54. The van der Waals surface area contributed by atoms with Crippen molar-refractivity contribution in [3.8, 4) is 0 Å². The molecule has 4 atom stereocenters. The molecule has 0 spiro atoms. The summed E-state index contributed by atoms with van der Waals surface area (Å²) in [4.78, 5) is 0. The Morgan fingerprint density at radius 2 is 2.05 bits per heavy atom. The Bertz CT molecular complexity index is 449. The number of hydrogen-bond acceptors (Lipinski definition) is 1. The second-order valence-corrected chi connectivity index (χ2v) is 6.58. The average Bonchev–Trinajstić information content (AvgIpc) is 2.43. The Labute approximate surface area is 126 Å². The van der Waals surface area contributed by atoms with Gasteiger partial charge in [0.1, 0.15) is 5.82 Å². The van der Waals surface area contributed by atoms with E-state index in [1.54, 1.807) is 6.07 Å². The van der Waals surface area contributed by atoms with Crippen molar-refractivity contribution >= 4 is 11.6 Å². The molecule has 1 N–H and O–H groups in total. The molecule has 0 heterocycles. The van der Waals surface area contributed by atoms with E-state index in [0.717, 1.165) is 23.9 Å². The van der Waals surface area contributed by atoms with Crippen LogP contribution >= 0.6 is 11.6 Å². The van der Waals surface area contributed by atoms with Crippen LogP contribution in [0.5, 0.6) is 0 Å². The van der Waals surface area contributed by atoms with Crippen molar-refractivity contribution in [3.63, 3.8) is 0 Å². The largest absolute Gasteiger partial charge is 0.310 e. The van der Waals surface area contributed by atoms with Crippen LogP contribution in [0.3, 0.4) is 0 Å². The van der Waals surface area contributed by atoms with Crippen LogP contribution in [0.1, 0.15) is 51.6 Å². The van der Waals surface area contributed by atoms with Gasteiger partial charge in [-0.25, -0.2) is 4.39 Å². The summed E-state index contributed by atoms with van der Waals surface area (Å²) in [7, 11) is 0. The van der Waals surface area contributed by atoms with E-state index >= 15 is 0 Å². The van der Waals surface area contributed by atoms with Crippen molar-refractivity contribution in [2.45, 2.75) is 46.1 Å². The first-order valence-corrected chi connectivity index (χ1v) is 8.09. The number of nitrogens with one attached hydrogen (secondary N) is 1. The summed E-state index contributed by atoms with van der Waals surface area (Å²) >= 11 is 6.19. The quantitative estimate of drug-likeness (QED) is 0.805. The Morgan fingerprint density at radius 3 is 2.70 bits per heavy atom. The van der Waals surface area contributed by atoms with E-state index in [9.17, 15) is 4.39 Å². The summed E-state index contributed by atoms with van der Waals surface area (Å²) in [6.07, 6.45) is 3.63. The molecule has 2 rings (SSSR count). The molecule has 4 unspecified atom stereocenters. The van der Waals surface area contributed by atoms with Crippen molar-refractivity contribution < 1.29 is 4.39 Å². The maximum atomic E-state index is 13.7. The Kier molecular flexibility index (Phi) is 5.45. The monoisotopic (exact) mass is 297 g/mol. The first-order valence-electron chi connectivity index (χ1n) is 7.71. The van der Waals surface area contributed by atoms with E-state index in [2.05, 4.69) is 26.1 Å². The van der Waals surface area contributed by atoms with Crippen LogP contribution in [0.2, 0.25) is 5.02 Å². The minimum Gasteiger partial charge on any atom is -0.310 e. The minimum absolute atomic E-state index is 0.165. The topological polar surface area (TPSA) is 12.0 Å². The number of halogens is 2. The van der Waals surface area contributed by atoms with Crippen LogP contribution in [0.25, 0.3) is 0 Å². The summed E-state index contributed by atoms with van der Waals surface area (Å²) in [5.74, 6) is 1.74. The van der Waals surface area contributed by atoms with E-state index in [-0.39, 0.29) is 16.9 Å². The summed E-state index contributed by atoms with van der Waals surface area (Å²) < 4.78 is 13.7. The highest BCUT2D eigenvalue weighted by Crippen LogP contribution is 2.41. The molecule has 1 nitrogen and oxygen atoms in total. The summed E-state index contributed by atoms with van der Waals surface area (Å²) in [6.45, 7) is 7.62. The van der Waals surface area contributed by atoms with Crippen molar-refractivity contribution in [1.82, 2.24) is 5.32 Å². The highest BCUT2D eigenvalue weighted by molar-refractivity contribution is 6.31. The van der Waals surface area contributed by atoms with Gasteiger partial charge in [0, 0.05) is 6.04 Å². The smallest absolute Gasteiger partial charge is 0.142 e. The second-order valence-electron chi connectivity index (χ2n) is 6.21. The van der Waals surface area contributed by atoms with Crippen LogP contribution < -0.4 is 5.32 Å². The van der Waals surface area contributed by atoms with Crippen LogP contribution in [0.15, 0.2) is 18.2 Å². The molecule has 0 aromatic heterocycles. The van der Waals surface area contributed by atoms with Crippen LogP contribution in [0.4, 0.5) is 4.39 Å². The van der Waals surface area contributed by atoms with Crippen LogP contribution in [0, 0.1) is 23.6 Å². The Balaban J connectivity index is 2.24. The number of hydrogen-bond donors (Lipinski definition) is 1.